The van der Waals surface area contributed by atoms with E-state index in [1.54, 1.807) is 12.1 Å². The van der Waals surface area contributed by atoms with Gasteiger partial charge in [0, 0.05) is 43.0 Å². The van der Waals surface area contributed by atoms with Gasteiger partial charge in [-0.2, -0.15) is 0 Å². The number of unbranched alkanes of at least 4 members (excludes halogenated alkanes) is 10. The number of aromatic carboxylic acids is 3. The normalized spacial score (nSPS) is 9.85. The molecule has 0 fully saturated rings. The fourth-order valence-corrected chi connectivity index (χ4v) is 4.64. The Morgan fingerprint density at radius 2 is 0.836 bits per heavy atom. The van der Waals surface area contributed by atoms with Crippen molar-refractivity contribution in [3.05, 3.63) is 77.4 Å². The van der Waals surface area contributed by atoms with E-state index in [1.807, 2.05) is 0 Å². The average Bonchev–Trinajstić information content (AvgIpc) is 3.11. The van der Waals surface area contributed by atoms with Gasteiger partial charge in [-0.05, 0) is 49.2 Å². The second-order valence-electron chi connectivity index (χ2n) is 12.0. The molecule has 16 heteroatoms. The monoisotopic (exact) mass is 820 g/mol. The maximum atomic E-state index is 11.5. The molecule has 0 aromatic heterocycles. The fraction of sp³-hybridized carbons (Fsp3) is 0.410. The molecule has 0 saturated heterocycles. The number of ether oxygens (including phenoxy) is 2. The fourth-order valence-electron chi connectivity index (χ4n) is 4.64. The van der Waals surface area contributed by atoms with Gasteiger partial charge < -0.3 is 40.1 Å². The first-order chi connectivity index (χ1) is 25.8. The van der Waals surface area contributed by atoms with Crippen LogP contribution in [0.2, 0.25) is 0 Å². The van der Waals surface area contributed by atoms with E-state index >= 15 is 0 Å². The quantitative estimate of drug-likeness (QED) is 0.0416. The number of carboxylic acid groups (broad SMARTS) is 3. The summed E-state index contributed by atoms with van der Waals surface area (Å²) in [5, 5.41) is 58.8. The number of anilines is 2. The summed E-state index contributed by atoms with van der Waals surface area (Å²) < 4.78 is 10.0. The Morgan fingerprint density at radius 1 is 0.491 bits per heavy atom. The van der Waals surface area contributed by atoms with Gasteiger partial charge >= 0.3 is 30.1 Å². The summed E-state index contributed by atoms with van der Waals surface area (Å²) in [5.41, 5.74) is 0.0744. The van der Waals surface area contributed by atoms with Gasteiger partial charge in [0.1, 0.15) is 33.9 Å². The third-order valence-corrected chi connectivity index (χ3v) is 7.55. The Morgan fingerprint density at radius 3 is 1.16 bits per heavy atom. The molecule has 3 aromatic rings. The number of rotatable bonds is 19. The number of para-hydroxylation sites is 1. The molecule has 0 atom stereocenters. The molecule has 3 aromatic carbocycles. The predicted molar refractivity (Wildman–Crippen MR) is 202 cm³/mol. The van der Waals surface area contributed by atoms with Crippen LogP contribution >= 0.6 is 0 Å². The van der Waals surface area contributed by atoms with Crippen LogP contribution in [0.1, 0.15) is 122 Å². The van der Waals surface area contributed by atoms with Gasteiger partial charge in [-0.1, -0.05) is 90.2 Å². The Labute approximate surface area is 333 Å². The number of amides is 2. The van der Waals surface area contributed by atoms with Crippen molar-refractivity contribution in [2.24, 2.45) is 0 Å². The molecule has 0 aliphatic rings. The van der Waals surface area contributed by atoms with E-state index in [2.05, 4.69) is 24.5 Å². The van der Waals surface area contributed by atoms with Gasteiger partial charge in [0.15, 0.2) is 0 Å². The predicted octanol–water partition coefficient (Wildman–Crippen LogP) is 9.09. The van der Waals surface area contributed by atoms with E-state index < -0.39 is 41.6 Å². The van der Waals surface area contributed by atoms with Crippen LogP contribution in [0.4, 0.5) is 21.0 Å². The van der Waals surface area contributed by atoms with Crippen molar-refractivity contribution in [3.8, 4) is 17.2 Å². The van der Waals surface area contributed by atoms with Crippen molar-refractivity contribution in [3.63, 3.8) is 0 Å². The molecule has 3 rings (SSSR count). The zero-order valence-corrected chi connectivity index (χ0v) is 34.4. The molecule has 2 amide bonds. The summed E-state index contributed by atoms with van der Waals surface area (Å²) >= 11 is 0. The molecule has 0 heterocycles. The number of carboxylic acids is 3. The number of carbonyl (C=O) groups is 5. The zero-order chi connectivity index (χ0) is 40.3. The second-order valence-corrected chi connectivity index (χ2v) is 12.0. The maximum absolute atomic E-state index is 11.5. The first kappa shape index (κ1) is 49.6. The molecular formula is C39H52N2O13Zn. The summed E-state index contributed by atoms with van der Waals surface area (Å²) in [6.07, 6.45) is 12.0. The smallest absolute Gasteiger partial charge is 0.411 e. The van der Waals surface area contributed by atoms with Crippen LogP contribution in [-0.4, -0.2) is 73.9 Å². The molecule has 298 valence electrons. The number of hydrogen-bond donors (Lipinski definition) is 8. The molecule has 0 saturated carbocycles. The first-order valence-corrected chi connectivity index (χ1v) is 17.8. The Bertz CT molecular complexity index is 1540. The minimum atomic E-state index is -1.23. The second kappa shape index (κ2) is 29.0. The third kappa shape index (κ3) is 21.8. The third-order valence-electron chi connectivity index (χ3n) is 7.55. The van der Waals surface area contributed by atoms with E-state index in [0.717, 1.165) is 38.5 Å². The van der Waals surface area contributed by atoms with Gasteiger partial charge in [0.05, 0.1) is 13.2 Å². The number of nitrogens with one attached hydrogen (secondary N) is 2. The SMILES string of the molecule is CCCCCCCCOC(=O)Nc1ccc(C(=O)O)c(O)c1.CCCCCCCCOC(=O)Nc1ccc(C(=O)O)c(O)c1.O=C(O)c1ccccc1O.[Zn]. The summed E-state index contributed by atoms with van der Waals surface area (Å²) in [7, 11) is 0. The molecular weight excluding hydrogens is 770 g/mol. The molecule has 0 aliphatic carbocycles. The standard InChI is InChI=1S/2C16H23NO5.C7H6O3.Zn/c2*1-2-3-4-5-6-7-10-22-16(21)17-12-8-9-13(15(19)20)14(18)11-12;8-6-4-2-1-3-5(6)7(9)10;/h2*8-9,11,18H,2-7,10H2,1H3,(H,17,21)(H,19,20);1-4,8H,(H,9,10);. The molecule has 0 unspecified atom stereocenters. The molecule has 0 aliphatic heterocycles. The summed E-state index contributed by atoms with van der Waals surface area (Å²) in [4.78, 5) is 54.9. The number of phenols is 3. The summed E-state index contributed by atoms with van der Waals surface area (Å²) in [6.45, 7) is 5.01. The van der Waals surface area contributed by atoms with E-state index in [-0.39, 0.29) is 53.3 Å². The molecule has 8 N–H and O–H groups in total. The average molecular weight is 822 g/mol. The van der Waals surface area contributed by atoms with E-state index in [1.165, 1.54) is 87.1 Å². The van der Waals surface area contributed by atoms with Gasteiger partial charge in [-0.25, -0.2) is 24.0 Å². The van der Waals surface area contributed by atoms with Crippen LogP contribution in [0.25, 0.3) is 0 Å². The molecule has 0 radical (unpaired) electrons. The van der Waals surface area contributed by atoms with Gasteiger partial charge in [0.25, 0.3) is 0 Å². The van der Waals surface area contributed by atoms with Gasteiger partial charge in [-0.15, -0.1) is 0 Å². The number of carbonyl (C=O) groups excluding carboxylic acids is 2. The summed E-state index contributed by atoms with van der Waals surface area (Å²) in [5.74, 6) is -4.57. The molecule has 0 spiro atoms. The van der Waals surface area contributed by atoms with Crippen LogP contribution in [0.3, 0.4) is 0 Å². The Hall–Kier alpha value is -5.37. The topological polar surface area (TPSA) is 249 Å². The van der Waals surface area contributed by atoms with Crippen molar-refractivity contribution in [2.45, 2.75) is 90.9 Å². The minimum Gasteiger partial charge on any atom is -0.507 e. The van der Waals surface area contributed by atoms with E-state index in [9.17, 15) is 34.2 Å². The summed E-state index contributed by atoms with van der Waals surface area (Å²) in [6, 6.07) is 13.4. The molecule has 15 nitrogen and oxygen atoms in total. The van der Waals surface area contributed by atoms with Gasteiger partial charge in [0.2, 0.25) is 0 Å². The number of hydrogen-bond acceptors (Lipinski definition) is 10. The van der Waals surface area contributed by atoms with Crippen LogP contribution in [0.5, 0.6) is 17.2 Å². The maximum Gasteiger partial charge on any atom is 0.411 e. The molecule has 0 bridgehead atoms. The largest absolute Gasteiger partial charge is 0.507 e. The van der Waals surface area contributed by atoms with Crippen LogP contribution < -0.4 is 10.6 Å². The van der Waals surface area contributed by atoms with Gasteiger partial charge in [-0.3, -0.25) is 10.6 Å². The number of benzene rings is 3. The van der Waals surface area contributed by atoms with Crippen LogP contribution in [-0.2, 0) is 29.0 Å². The van der Waals surface area contributed by atoms with Crippen molar-refractivity contribution in [1.82, 2.24) is 0 Å². The van der Waals surface area contributed by atoms with E-state index in [4.69, 9.17) is 29.9 Å². The van der Waals surface area contributed by atoms with Crippen molar-refractivity contribution in [2.75, 3.05) is 23.8 Å². The van der Waals surface area contributed by atoms with Crippen LogP contribution in [0.15, 0.2) is 60.7 Å². The van der Waals surface area contributed by atoms with Crippen molar-refractivity contribution >= 4 is 41.5 Å². The number of aromatic hydroxyl groups is 3. The van der Waals surface area contributed by atoms with Crippen molar-refractivity contribution in [1.29, 1.82) is 0 Å². The Balaban J connectivity index is 0.000000840. The van der Waals surface area contributed by atoms with E-state index in [0.29, 0.717) is 13.2 Å². The minimum absolute atomic E-state index is 0. The van der Waals surface area contributed by atoms with Crippen molar-refractivity contribution < 1.29 is 83.6 Å². The molecule has 55 heavy (non-hydrogen) atoms. The first-order valence-electron chi connectivity index (χ1n) is 17.8. The Kier molecular flexibility index (Phi) is 26.2. The zero-order valence-electron chi connectivity index (χ0n) is 31.4. The van der Waals surface area contributed by atoms with Crippen LogP contribution in [0, 0.1) is 0 Å².